The van der Waals surface area contributed by atoms with Crippen molar-refractivity contribution in [3.63, 3.8) is 0 Å². The molecule has 3 nitrogen and oxygen atoms in total. The Balaban J connectivity index is 1.75. The molecule has 4 heteroatoms. The number of anilines is 1. The minimum Gasteiger partial charge on any atom is -0.389 e. The molecule has 1 N–H and O–H groups in total. The van der Waals surface area contributed by atoms with Crippen LogP contribution in [0.25, 0.3) is 0 Å². The largest absolute Gasteiger partial charge is 0.389 e. The topological polar surface area (TPSA) is 40.5 Å². The summed E-state index contributed by atoms with van der Waals surface area (Å²) < 4.78 is 0. The highest BCUT2D eigenvalue weighted by molar-refractivity contribution is 7.12. The van der Waals surface area contributed by atoms with Gasteiger partial charge in [-0.3, -0.25) is 4.79 Å². The quantitative estimate of drug-likeness (QED) is 0.836. The Kier molecular flexibility index (Phi) is 3.16. The van der Waals surface area contributed by atoms with E-state index >= 15 is 0 Å². The van der Waals surface area contributed by atoms with Crippen molar-refractivity contribution >= 4 is 23.3 Å². The third kappa shape index (κ3) is 2.08. The van der Waals surface area contributed by atoms with Gasteiger partial charge in [-0.1, -0.05) is 12.8 Å². The van der Waals surface area contributed by atoms with Gasteiger partial charge in [-0.2, -0.15) is 0 Å². The first-order valence-corrected chi connectivity index (χ1v) is 7.60. The van der Waals surface area contributed by atoms with Crippen molar-refractivity contribution in [2.45, 2.75) is 37.7 Å². The zero-order valence-corrected chi connectivity index (χ0v) is 11.3. The lowest BCUT2D eigenvalue weighted by Gasteiger charge is -2.47. The van der Waals surface area contributed by atoms with Crippen LogP contribution in [-0.2, 0) is 0 Å². The molecule has 0 aromatic carbocycles. The molecule has 1 aromatic rings. The van der Waals surface area contributed by atoms with Crippen LogP contribution in [0.1, 0.15) is 41.8 Å². The van der Waals surface area contributed by atoms with Gasteiger partial charge in [0.1, 0.15) is 0 Å². The summed E-state index contributed by atoms with van der Waals surface area (Å²) in [4.78, 5) is 13.8. The number of nitrogens with zero attached hydrogens (tertiary/aromatic N) is 1. The molecule has 98 valence electrons. The van der Waals surface area contributed by atoms with Crippen LogP contribution in [0.5, 0.6) is 0 Å². The highest BCUT2D eigenvalue weighted by Gasteiger charge is 2.42. The van der Waals surface area contributed by atoms with Gasteiger partial charge in [-0.05, 0) is 25.3 Å². The standard InChI is InChI=1S/C14H19NO2S/c16-9-13-7-12(10-18-13)15-6-5-14(17)4-2-1-3-11(14)8-15/h7,9-11,17H,1-6,8H2. The molecule has 2 unspecified atom stereocenters. The van der Waals surface area contributed by atoms with Crippen LogP contribution in [0.15, 0.2) is 11.4 Å². The predicted octanol–water partition coefficient (Wildman–Crippen LogP) is 2.69. The van der Waals surface area contributed by atoms with Gasteiger partial charge in [-0.25, -0.2) is 0 Å². The molecule has 1 aliphatic heterocycles. The van der Waals surface area contributed by atoms with Crippen LogP contribution in [0.4, 0.5) is 5.69 Å². The van der Waals surface area contributed by atoms with E-state index < -0.39 is 5.60 Å². The van der Waals surface area contributed by atoms with E-state index in [-0.39, 0.29) is 0 Å². The lowest BCUT2D eigenvalue weighted by atomic mass is 9.71. The van der Waals surface area contributed by atoms with Crippen molar-refractivity contribution in [2.24, 2.45) is 5.92 Å². The van der Waals surface area contributed by atoms with Crippen molar-refractivity contribution < 1.29 is 9.90 Å². The normalized spacial score (nSPS) is 32.1. The molecule has 18 heavy (non-hydrogen) atoms. The number of hydrogen-bond donors (Lipinski definition) is 1. The second-order valence-corrected chi connectivity index (χ2v) is 6.51. The van der Waals surface area contributed by atoms with Crippen LogP contribution in [0.3, 0.4) is 0 Å². The summed E-state index contributed by atoms with van der Waals surface area (Å²) in [5.74, 6) is 0.402. The van der Waals surface area contributed by atoms with Gasteiger partial charge in [0.2, 0.25) is 0 Å². The third-order valence-corrected chi connectivity index (χ3v) is 5.36. The molecule has 1 saturated heterocycles. The second-order valence-electron chi connectivity index (χ2n) is 5.57. The molecule has 1 saturated carbocycles. The van der Waals surface area contributed by atoms with Gasteiger partial charge in [0, 0.05) is 30.1 Å². The Bertz CT molecular complexity index is 445. The first-order valence-electron chi connectivity index (χ1n) is 6.72. The first kappa shape index (κ1) is 12.2. The Morgan fingerprint density at radius 3 is 3.11 bits per heavy atom. The summed E-state index contributed by atoms with van der Waals surface area (Å²) in [6, 6.07) is 1.96. The number of rotatable bonds is 2. The maximum absolute atomic E-state index is 10.7. The van der Waals surface area contributed by atoms with Crippen LogP contribution >= 0.6 is 11.3 Å². The molecule has 0 radical (unpaired) electrons. The van der Waals surface area contributed by atoms with E-state index in [1.807, 2.05) is 6.07 Å². The van der Waals surface area contributed by atoms with E-state index in [0.717, 1.165) is 49.2 Å². The van der Waals surface area contributed by atoms with Gasteiger partial charge in [0.25, 0.3) is 0 Å². The Morgan fingerprint density at radius 2 is 2.33 bits per heavy atom. The summed E-state index contributed by atoms with van der Waals surface area (Å²) in [6.07, 6.45) is 6.29. The summed E-state index contributed by atoms with van der Waals surface area (Å²) in [7, 11) is 0. The Labute approximate surface area is 111 Å². The van der Waals surface area contributed by atoms with E-state index in [0.29, 0.717) is 5.92 Å². The second kappa shape index (κ2) is 4.67. The highest BCUT2D eigenvalue weighted by atomic mass is 32.1. The van der Waals surface area contributed by atoms with Gasteiger partial charge >= 0.3 is 0 Å². The molecule has 1 aromatic heterocycles. The van der Waals surface area contributed by atoms with Crippen molar-refractivity contribution in [1.82, 2.24) is 0 Å². The van der Waals surface area contributed by atoms with Crippen molar-refractivity contribution in [1.29, 1.82) is 0 Å². The number of piperidine rings is 1. The third-order valence-electron chi connectivity index (χ3n) is 4.51. The zero-order chi connectivity index (χ0) is 12.6. The van der Waals surface area contributed by atoms with Crippen LogP contribution in [0, 0.1) is 5.92 Å². The van der Waals surface area contributed by atoms with Gasteiger partial charge in [-0.15, -0.1) is 11.3 Å². The van der Waals surface area contributed by atoms with E-state index in [2.05, 4.69) is 10.3 Å². The summed E-state index contributed by atoms with van der Waals surface area (Å²) in [6.45, 7) is 1.84. The average molecular weight is 265 g/mol. The maximum atomic E-state index is 10.7. The van der Waals surface area contributed by atoms with Crippen molar-refractivity contribution in [3.05, 3.63) is 16.3 Å². The maximum Gasteiger partial charge on any atom is 0.160 e. The SMILES string of the molecule is O=Cc1cc(N2CCC3(O)CCCCC3C2)cs1. The number of hydrogen-bond acceptors (Lipinski definition) is 4. The molecular formula is C14H19NO2S. The molecule has 1 aliphatic carbocycles. The molecule has 0 amide bonds. The van der Waals surface area contributed by atoms with Crippen LogP contribution in [-0.4, -0.2) is 30.1 Å². The summed E-state index contributed by atoms with van der Waals surface area (Å²) in [5.41, 5.74) is 0.729. The first-order chi connectivity index (χ1) is 8.71. The highest BCUT2D eigenvalue weighted by Crippen LogP contribution is 2.41. The van der Waals surface area contributed by atoms with Gasteiger partial charge in [0.15, 0.2) is 6.29 Å². The van der Waals surface area contributed by atoms with E-state index in [9.17, 15) is 9.90 Å². The number of thiophene rings is 1. The van der Waals surface area contributed by atoms with Crippen molar-refractivity contribution in [2.75, 3.05) is 18.0 Å². The molecule has 3 rings (SSSR count). The molecular weight excluding hydrogens is 246 g/mol. The van der Waals surface area contributed by atoms with Crippen LogP contribution < -0.4 is 4.90 Å². The summed E-state index contributed by atoms with van der Waals surface area (Å²) in [5, 5.41) is 12.7. The van der Waals surface area contributed by atoms with E-state index in [1.165, 1.54) is 24.2 Å². The molecule has 2 atom stereocenters. The van der Waals surface area contributed by atoms with Gasteiger partial charge < -0.3 is 10.0 Å². The molecule has 2 fully saturated rings. The average Bonchev–Trinajstić information content (AvgIpc) is 2.86. The number of aldehydes is 1. The minimum absolute atomic E-state index is 0.402. The smallest absolute Gasteiger partial charge is 0.160 e. The summed E-state index contributed by atoms with van der Waals surface area (Å²) >= 11 is 1.50. The lowest BCUT2D eigenvalue weighted by molar-refractivity contribution is -0.0612. The number of carbonyl (C=O) groups is 1. The lowest BCUT2D eigenvalue weighted by Crippen LogP contribution is -2.53. The monoisotopic (exact) mass is 265 g/mol. The minimum atomic E-state index is -0.418. The van der Waals surface area contributed by atoms with Gasteiger partial charge in [0.05, 0.1) is 10.5 Å². The van der Waals surface area contributed by atoms with Crippen LogP contribution in [0.2, 0.25) is 0 Å². The predicted molar refractivity (Wildman–Crippen MR) is 73.4 cm³/mol. The molecule has 2 heterocycles. The fourth-order valence-electron chi connectivity index (χ4n) is 3.38. The Hall–Kier alpha value is -0.870. The number of aliphatic hydroxyl groups is 1. The molecule has 0 spiro atoms. The Morgan fingerprint density at radius 1 is 1.44 bits per heavy atom. The number of carbonyl (C=O) groups excluding carboxylic acids is 1. The molecule has 0 bridgehead atoms. The molecule has 2 aliphatic rings. The van der Waals surface area contributed by atoms with E-state index in [1.54, 1.807) is 0 Å². The fraction of sp³-hybridized carbons (Fsp3) is 0.643. The van der Waals surface area contributed by atoms with E-state index in [4.69, 9.17) is 0 Å². The number of fused-ring (bicyclic) bond motifs is 1. The van der Waals surface area contributed by atoms with Crippen molar-refractivity contribution in [3.8, 4) is 0 Å². The zero-order valence-electron chi connectivity index (χ0n) is 10.5. The fourth-order valence-corrected chi connectivity index (χ4v) is 4.09.